The zero-order valence-corrected chi connectivity index (χ0v) is 18.5. The molecule has 1 saturated carbocycles. The topological polar surface area (TPSA) is 29.5 Å². The summed E-state index contributed by atoms with van der Waals surface area (Å²) in [5.74, 6) is -0.243. The molecule has 0 spiro atoms. The molecular weight excluding hydrogens is 423 g/mol. The number of quaternary nitrogens is 1. The number of rotatable bonds is 4. The van der Waals surface area contributed by atoms with Crippen LogP contribution in [0.3, 0.4) is 0 Å². The van der Waals surface area contributed by atoms with E-state index in [1.165, 1.54) is 25.0 Å². The Morgan fingerprint density at radius 2 is 1.64 bits per heavy atom. The van der Waals surface area contributed by atoms with Crippen LogP contribution in [0.25, 0.3) is 0 Å². The number of piperidine rings is 1. The summed E-state index contributed by atoms with van der Waals surface area (Å²) in [6.07, 6.45) is 8.71. The van der Waals surface area contributed by atoms with Gasteiger partial charge in [0, 0.05) is 38.3 Å². The van der Waals surface area contributed by atoms with Crippen molar-refractivity contribution < 1.29 is 35.4 Å². The van der Waals surface area contributed by atoms with Crippen molar-refractivity contribution >= 4 is 6.09 Å². The van der Waals surface area contributed by atoms with E-state index in [2.05, 4.69) is 14.1 Å². The van der Waals surface area contributed by atoms with Gasteiger partial charge in [-0.3, -0.25) is 0 Å². The maximum Gasteiger partial charge on any atom is 0.410 e. The van der Waals surface area contributed by atoms with E-state index in [9.17, 15) is 9.18 Å². The first-order valence-electron chi connectivity index (χ1n) is 10.5. The summed E-state index contributed by atoms with van der Waals surface area (Å²) >= 11 is 0. The minimum atomic E-state index is -0.243. The number of halogens is 2. The molecule has 2 aliphatic heterocycles. The monoisotopic (exact) mass is 454 g/mol. The van der Waals surface area contributed by atoms with Crippen LogP contribution in [-0.4, -0.2) is 53.8 Å². The van der Waals surface area contributed by atoms with Gasteiger partial charge in [-0.05, 0) is 30.5 Å². The second-order valence-corrected chi connectivity index (χ2v) is 9.18. The third kappa shape index (κ3) is 4.38. The molecule has 1 amide bonds. The zero-order valence-electron chi connectivity index (χ0n) is 16.9. The SMILES string of the molecule is C[N+]1(C)C2CCC1CC(OC(=O)N(Cc1ccc(F)cc1)C1CCCC1)C2.[Br-]. The van der Waals surface area contributed by atoms with Crippen LogP contribution in [0.5, 0.6) is 0 Å². The molecule has 156 valence electrons. The molecule has 6 heteroatoms. The van der Waals surface area contributed by atoms with E-state index in [1.807, 2.05) is 4.90 Å². The van der Waals surface area contributed by atoms with Crippen LogP contribution < -0.4 is 17.0 Å². The Bertz CT molecular complexity index is 660. The summed E-state index contributed by atoms with van der Waals surface area (Å²) in [6.45, 7) is 0.505. The lowest BCUT2D eigenvalue weighted by Crippen LogP contribution is -3.00. The predicted molar refractivity (Wildman–Crippen MR) is 103 cm³/mol. The van der Waals surface area contributed by atoms with Gasteiger partial charge < -0.3 is 31.1 Å². The van der Waals surface area contributed by atoms with Crippen molar-refractivity contribution in [3.05, 3.63) is 35.6 Å². The Morgan fingerprint density at radius 1 is 1.07 bits per heavy atom. The standard InChI is InChI=1S/C22H32FN2O2.BrH/c1-25(2)19-11-12-20(25)14-21(13-19)27-22(26)24(18-5-3-4-6-18)15-16-7-9-17(23)10-8-16;/h7-10,18-21H,3-6,11-15H2,1-2H3;1H/q+1;/p-1. The lowest BCUT2D eigenvalue weighted by Gasteiger charge is -2.44. The van der Waals surface area contributed by atoms with Gasteiger partial charge >= 0.3 is 6.09 Å². The Morgan fingerprint density at radius 3 is 2.21 bits per heavy atom. The van der Waals surface area contributed by atoms with Gasteiger partial charge in [-0.2, -0.15) is 0 Å². The summed E-state index contributed by atoms with van der Waals surface area (Å²) in [7, 11) is 4.64. The molecule has 1 aliphatic carbocycles. The first-order valence-corrected chi connectivity index (χ1v) is 10.5. The van der Waals surface area contributed by atoms with E-state index in [-0.39, 0.29) is 41.0 Å². The highest BCUT2D eigenvalue weighted by Crippen LogP contribution is 2.40. The van der Waals surface area contributed by atoms with Crippen LogP contribution in [0.2, 0.25) is 0 Å². The number of carbonyl (C=O) groups excluding carboxylic acids is 1. The highest BCUT2D eigenvalue weighted by molar-refractivity contribution is 5.68. The van der Waals surface area contributed by atoms with Crippen molar-refractivity contribution in [1.82, 2.24) is 4.90 Å². The van der Waals surface area contributed by atoms with Gasteiger partial charge in [0.2, 0.25) is 0 Å². The molecule has 2 atom stereocenters. The maximum absolute atomic E-state index is 13.2. The quantitative estimate of drug-likeness (QED) is 0.644. The number of fused-ring (bicyclic) bond motifs is 2. The van der Waals surface area contributed by atoms with Crippen LogP contribution in [0.15, 0.2) is 24.3 Å². The summed E-state index contributed by atoms with van der Waals surface area (Å²) < 4.78 is 20.3. The number of hydrogen-bond acceptors (Lipinski definition) is 2. The number of amides is 1. The zero-order chi connectivity index (χ0) is 19.0. The largest absolute Gasteiger partial charge is 1.00 e. The van der Waals surface area contributed by atoms with Crippen LogP contribution in [0.1, 0.15) is 56.9 Å². The minimum absolute atomic E-state index is 0. The Balaban J connectivity index is 0.00000225. The Kier molecular flexibility index (Phi) is 6.70. The third-order valence-electron chi connectivity index (χ3n) is 7.32. The molecule has 0 radical (unpaired) electrons. The van der Waals surface area contributed by atoms with Crippen molar-refractivity contribution in [2.45, 2.75) is 82.1 Å². The molecule has 2 unspecified atom stereocenters. The highest BCUT2D eigenvalue weighted by Gasteiger charge is 2.50. The van der Waals surface area contributed by atoms with Gasteiger partial charge in [-0.25, -0.2) is 9.18 Å². The van der Waals surface area contributed by atoms with E-state index in [0.29, 0.717) is 18.6 Å². The van der Waals surface area contributed by atoms with Crippen molar-refractivity contribution in [2.75, 3.05) is 14.1 Å². The molecule has 1 aromatic rings. The molecule has 4 rings (SSSR count). The van der Waals surface area contributed by atoms with Crippen LogP contribution >= 0.6 is 0 Å². The predicted octanol–water partition coefficient (Wildman–Crippen LogP) is 1.48. The number of benzene rings is 1. The van der Waals surface area contributed by atoms with E-state index in [0.717, 1.165) is 48.6 Å². The highest BCUT2D eigenvalue weighted by atomic mass is 79.9. The Labute approximate surface area is 178 Å². The smallest absolute Gasteiger partial charge is 0.410 e. The van der Waals surface area contributed by atoms with Crippen LogP contribution in [-0.2, 0) is 11.3 Å². The molecule has 3 aliphatic rings. The lowest BCUT2D eigenvalue weighted by molar-refractivity contribution is -0.931. The molecule has 0 N–H and O–H groups in total. The van der Waals surface area contributed by atoms with E-state index in [4.69, 9.17) is 4.74 Å². The second kappa shape index (κ2) is 8.70. The Hall–Kier alpha value is -1.14. The number of carbonyl (C=O) groups is 1. The molecule has 0 aromatic heterocycles. The molecule has 3 fully saturated rings. The summed E-state index contributed by atoms with van der Waals surface area (Å²) in [5.41, 5.74) is 0.960. The van der Waals surface area contributed by atoms with Gasteiger partial charge in [0.15, 0.2) is 0 Å². The second-order valence-electron chi connectivity index (χ2n) is 9.18. The normalized spacial score (nSPS) is 28.6. The van der Waals surface area contributed by atoms with Gasteiger partial charge in [0.1, 0.15) is 11.9 Å². The fourth-order valence-electron chi connectivity index (χ4n) is 5.48. The lowest BCUT2D eigenvalue weighted by atomic mass is 9.98. The summed E-state index contributed by atoms with van der Waals surface area (Å²) in [5, 5.41) is 0. The van der Waals surface area contributed by atoms with Gasteiger partial charge in [0.25, 0.3) is 0 Å². The average molecular weight is 455 g/mol. The number of hydrogen-bond donors (Lipinski definition) is 0. The summed E-state index contributed by atoms with van der Waals surface area (Å²) in [4.78, 5) is 15.0. The van der Waals surface area contributed by atoms with Crippen LogP contribution in [0.4, 0.5) is 9.18 Å². The molecule has 2 saturated heterocycles. The first-order chi connectivity index (χ1) is 12.9. The van der Waals surface area contributed by atoms with Crippen molar-refractivity contribution in [2.24, 2.45) is 0 Å². The van der Waals surface area contributed by atoms with Gasteiger partial charge in [-0.1, -0.05) is 25.0 Å². The van der Waals surface area contributed by atoms with Gasteiger partial charge in [-0.15, -0.1) is 0 Å². The molecule has 28 heavy (non-hydrogen) atoms. The molecule has 2 bridgehead atoms. The fourth-order valence-corrected chi connectivity index (χ4v) is 5.48. The summed E-state index contributed by atoms with van der Waals surface area (Å²) in [6, 6.07) is 7.93. The number of nitrogens with zero attached hydrogens (tertiary/aromatic N) is 2. The fraction of sp³-hybridized carbons (Fsp3) is 0.682. The average Bonchev–Trinajstić information content (AvgIpc) is 3.17. The van der Waals surface area contributed by atoms with Crippen molar-refractivity contribution in [3.63, 3.8) is 0 Å². The third-order valence-corrected chi connectivity index (χ3v) is 7.32. The molecular formula is C22H32BrFN2O2. The van der Waals surface area contributed by atoms with E-state index >= 15 is 0 Å². The van der Waals surface area contributed by atoms with E-state index in [1.54, 1.807) is 12.1 Å². The maximum atomic E-state index is 13.2. The minimum Gasteiger partial charge on any atom is -1.00 e. The van der Waals surface area contributed by atoms with Crippen molar-refractivity contribution in [3.8, 4) is 0 Å². The van der Waals surface area contributed by atoms with Crippen molar-refractivity contribution in [1.29, 1.82) is 0 Å². The van der Waals surface area contributed by atoms with E-state index < -0.39 is 0 Å². The molecule has 4 nitrogen and oxygen atoms in total. The van der Waals surface area contributed by atoms with Gasteiger partial charge in [0.05, 0.1) is 26.2 Å². The number of ether oxygens (including phenoxy) is 1. The molecule has 2 heterocycles. The first kappa shape index (κ1) is 21.6. The van der Waals surface area contributed by atoms with Crippen LogP contribution in [0, 0.1) is 5.82 Å². The molecule has 1 aromatic carbocycles.